The molecular formula is C15H23N3OS. The lowest BCUT2D eigenvalue weighted by Crippen LogP contribution is -2.10. The van der Waals surface area contributed by atoms with Gasteiger partial charge in [0, 0.05) is 11.9 Å². The summed E-state index contributed by atoms with van der Waals surface area (Å²) in [6.45, 7) is 8.99. The molecule has 20 heavy (non-hydrogen) atoms. The summed E-state index contributed by atoms with van der Waals surface area (Å²) in [4.78, 5) is 11.6. The molecule has 1 unspecified atom stereocenters. The van der Waals surface area contributed by atoms with E-state index in [-0.39, 0.29) is 6.10 Å². The van der Waals surface area contributed by atoms with Gasteiger partial charge in [-0.05, 0) is 32.8 Å². The summed E-state index contributed by atoms with van der Waals surface area (Å²) in [7, 11) is 1.90. The average molecular weight is 293 g/mol. The fourth-order valence-corrected chi connectivity index (χ4v) is 3.29. The minimum Gasteiger partial charge on any atom is -0.372 e. The van der Waals surface area contributed by atoms with Gasteiger partial charge in [0.2, 0.25) is 0 Å². The minimum atomic E-state index is 0.254. The van der Waals surface area contributed by atoms with Crippen LogP contribution in [-0.4, -0.2) is 23.1 Å². The molecule has 0 spiro atoms. The van der Waals surface area contributed by atoms with Gasteiger partial charge in [-0.25, -0.2) is 9.97 Å². The lowest BCUT2D eigenvalue weighted by molar-refractivity contribution is 0.0434. The van der Waals surface area contributed by atoms with Crippen molar-refractivity contribution in [2.45, 2.75) is 53.2 Å². The van der Waals surface area contributed by atoms with Gasteiger partial charge in [0.15, 0.2) is 5.82 Å². The van der Waals surface area contributed by atoms with Gasteiger partial charge in [-0.1, -0.05) is 13.3 Å². The second-order valence-corrected chi connectivity index (χ2v) is 6.32. The van der Waals surface area contributed by atoms with E-state index >= 15 is 0 Å². The van der Waals surface area contributed by atoms with E-state index in [0.717, 1.165) is 34.7 Å². The van der Waals surface area contributed by atoms with Crippen LogP contribution in [-0.2, 0) is 11.3 Å². The van der Waals surface area contributed by atoms with Crippen LogP contribution in [0.4, 0.5) is 5.82 Å². The molecule has 110 valence electrons. The SMILES string of the molecule is CCCC(C)OCc1nc(NC)c2c(C)c(C)sc2n1. The maximum absolute atomic E-state index is 5.81. The molecule has 0 amide bonds. The first kappa shape index (κ1) is 15.2. The van der Waals surface area contributed by atoms with E-state index in [1.54, 1.807) is 11.3 Å². The zero-order chi connectivity index (χ0) is 14.7. The predicted octanol–water partition coefficient (Wildman–Crippen LogP) is 4.06. The smallest absolute Gasteiger partial charge is 0.158 e. The third kappa shape index (κ3) is 3.10. The fraction of sp³-hybridized carbons (Fsp3) is 0.600. The van der Waals surface area contributed by atoms with Crippen LogP contribution in [0.15, 0.2) is 0 Å². The maximum Gasteiger partial charge on any atom is 0.158 e. The van der Waals surface area contributed by atoms with Crippen LogP contribution < -0.4 is 5.32 Å². The lowest BCUT2D eigenvalue weighted by Gasteiger charge is -2.12. The van der Waals surface area contributed by atoms with E-state index in [1.807, 2.05) is 7.05 Å². The zero-order valence-electron chi connectivity index (χ0n) is 12.9. The highest BCUT2D eigenvalue weighted by atomic mass is 32.1. The number of hydrogen-bond donors (Lipinski definition) is 1. The highest BCUT2D eigenvalue weighted by molar-refractivity contribution is 7.18. The summed E-state index contributed by atoms with van der Waals surface area (Å²) in [6.07, 6.45) is 2.45. The summed E-state index contributed by atoms with van der Waals surface area (Å²) in [6, 6.07) is 0. The van der Waals surface area contributed by atoms with Gasteiger partial charge < -0.3 is 10.1 Å². The molecule has 4 nitrogen and oxygen atoms in total. The average Bonchev–Trinajstić information content (AvgIpc) is 2.71. The number of rotatable bonds is 6. The fourth-order valence-electron chi connectivity index (χ4n) is 2.25. The zero-order valence-corrected chi connectivity index (χ0v) is 13.7. The first-order valence-corrected chi connectivity index (χ1v) is 7.94. The van der Waals surface area contributed by atoms with Crippen LogP contribution in [0, 0.1) is 13.8 Å². The van der Waals surface area contributed by atoms with E-state index in [9.17, 15) is 0 Å². The van der Waals surface area contributed by atoms with Crippen molar-refractivity contribution < 1.29 is 4.74 Å². The van der Waals surface area contributed by atoms with Gasteiger partial charge in [0.1, 0.15) is 17.3 Å². The normalized spacial score (nSPS) is 12.8. The molecular weight excluding hydrogens is 270 g/mol. The Hall–Kier alpha value is -1.20. The van der Waals surface area contributed by atoms with Gasteiger partial charge in [-0.15, -0.1) is 11.3 Å². The third-order valence-electron chi connectivity index (χ3n) is 3.50. The summed E-state index contributed by atoms with van der Waals surface area (Å²) in [5.41, 5.74) is 1.26. The molecule has 0 bridgehead atoms. The molecule has 2 aromatic heterocycles. The van der Waals surface area contributed by atoms with Crippen molar-refractivity contribution >= 4 is 27.4 Å². The van der Waals surface area contributed by atoms with E-state index in [0.29, 0.717) is 6.61 Å². The van der Waals surface area contributed by atoms with Crippen LogP contribution in [0.3, 0.4) is 0 Å². The molecule has 0 aromatic carbocycles. The predicted molar refractivity (Wildman–Crippen MR) is 85.6 cm³/mol. The number of anilines is 1. The van der Waals surface area contributed by atoms with Crippen molar-refractivity contribution in [2.24, 2.45) is 0 Å². The second-order valence-electron chi connectivity index (χ2n) is 5.11. The van der Waals surface area contributed by atoms with E-state index in [2.05, 4.69) is 43.0 Å². The highest BCUT2D eigenvalue weighted by Gasteiger charge is 2.14. The molecule has 0 aliphatic heterocycles. The van der Waals surface area contributed by atoms with Crippen molar-refractivity contribution in [2.75, 3.05) is 12.4 Å². The van der Waals surface area contributed by atoms with E-state index < -0.39 is 0 Å². The number of nitrogens with zero attached hydrogens (tertiary/aromatic N) is 2. The summed E-state index contributed by atoms with van der Waals surface area (Å²) in [5, 5.41) is 4.32. The van der Waals surface area contributed by atoms with Crippen molar-refractivity contribution in [3.63, 3.8) is 0 Å². The largest absolute Gasteiger partial charge is 0.372 e. The van der Waals surface area contributed by atoms with Gasteiger partial charge in [-0.2, -0.15) is 0 Å². The highest BCUT2D eigenvalue weighted by Crippen LogP contribution is 2.33. The van der Waals surface area contributed by atoms with Crippen LogP contribution in [0.1, 0.15) is 43.0 Å². The molecule has 0 aliphatic carbocycles. The molecule has 0 radical (unpaired) electrons. The maximum atomic E-state index is 5.81. The number of hydrogen-bond acceptors (Lipinski definition) is 5. The number of nitrogens with one attached hydrogen (secondary N) is 1. The minimum absolute atomic E-state index is 0.254. The molecule has 2 aromatic rings. The summed E-state index contributed by atoms with van der Waals surface area (Å²) in [5.74, 6) is 1.66. The Bertz CT molecular complexity index is 594. The molecule has 0 fully saturated rings. The quantitative estimate of drug-likeness (QED) is 0.872. The molecule has 1 N–H and O–H groups in total. The number of fused-ring (bicyclic) bond motifs is 1. The van der Waals surface area contributed by atoms with Gasteiger partial charge in [0.25, 0.3) is 0 Å². The van der Waals surface area contributed by atoms with Gasteiger partial charge >= 0.3 is 0 Å². The standard InChI is InChI=1S/C15H23N3OS/c1-6-7-9(2)19-8-12-17-14(16-5)13-10(3)11(4)20-15(13)18-12/h9H,6-8H2,1-5H3,(H,16,17,18). The van der Waals surface area contributed by atoms with Gasteiger partial charge in [0.05, 0.1) is 11.5 Å². The number of ether oxygens (including phenoxy) is 1. The molecule has 0 aliphatic rings. The third-order valence-corrected chi connectivity index (χ3v) is 4.61. The summed E-state index contributed by atoms with van der Waals surface area (Å²) >= 11 is 1.72. The summed E-state index contributed by atoms with van der Waals surface area (Å²) < 4.78 is 5.81. The first-order valence-electron chi connectivity index (χ1n) is 7.12. The van der Waals surface area contributed by atoms with Crippen LogP contribution >= 0.6 is 11.3 Å². The van der Waals surface area contributed by atoms with Crippen molar-refractivity contribution in [1.29, 1.82) is 0 Å². The van der Waals surface area contributed by atoms with Gasteiger partial charge in [-0.3, -0.25) is 0 Å². The molecule has 0 saturated heterocycles. The van der Waals surface area contributed by atoms with Crippen LogP contribution in [0.25, 0.3) is 10.2 Å². The molecule has 2 heterocycles. The van der Waals surface area contributed by atoms with Crippen LogP contribution in [0.2, 0.25) is 0 Å². The molecule has 5 heteroatoms. The Labute approximate surface area is 124 Å². The van der Waals surface area contributed by atoms with E-state index in [4.69, 9.17) is 4.74 Å². The number of aromatic nitrogens is 2. The molecule has 0 saturated carbocycles. The Morgan fingerprint density at radius 1 is 1.30 bits per heavy atom. The van der Waals surface area contributed by atoms with E-state index in [1.165, 1.54) is 10.4 Å². The lowest BCUT2D eigenvalue weighted by atomic mass is 10.2. The number of aryl methyl sites for hydroxylation is 2. The monoisotopic (exact) mass is 293 g/mol. The van der Waals surface area contributed by atoms with Crippen molar-refractivity contribution in [3.05, 3.63) is 16.3 Å². The Balaban J connectivity index is 2.27. The molecule has 1 atom stereocenters. The topological polar surface area (TPSA) is 47.0 Å². The first-order chi connectivity index (χ1) is 9.56. The number of thiophene rings is 1. The van der Waals surface area contributed by atoms with Crippen LogP contribution in [0.5, 0.6) is 0 Å². The molecule has 2 rings (SSSR count). The Morgan fingerprint density at radius 2 is 2.05 bits per heavy atom. The van der Waals surface area contributed by atoms with Crippen molar-refractivity contribution in [1.82, 2.24) is 9.97 Å². The second kappa shape index (κ2) is 6.50. The van der Waals surface area contributed by atoms with Crippen molar-refractivity contribution in [3.8, 4) is 0 Å². The Morgan fingerprint density at radius 3 is 2.70 bits per heavy atom. The Kier molecular flexibility index (Phi) is 4.94.